The summed E-state index contributed by atoms with van der Waals surface area (Å²) in [4.78, 5) is 0. The third-order valence-electron chi connectivity index (χ3n) is 1.75. The fourth-order valence-electron chi connectivity index (χ4n) is 1.12. The monoisotopic (exact) mass is 244 g/mol. The molecule has 0 heterocycles. The van der Waals surface area contributed by atoms with Crippen molar-refractivity contribution in [1.82, 2.24) is 0 Å². The van der Waals surface area contributed by atoms with Crippen molar-refractivity contribution >= 4 is 15.9 Å². The number of halogens is 1. The molecule has 0 aromatic heterocycles. The van der Waals surface area contributed by atoms with E-state index in [0.717, 1.165) is 10.2 Å². The second-order valence-electron chi connectivity index (χ2n) is 2.92. The highest BCUT2D eigenvalue weighted by Gasteiger charge is 2.02. The fraction of sp³-hybridized carbons (Fsp3) is 0.400. The molecule has 0 spiro atoms. The summed E-state index contributed by atoms with van der Waals surface area (Å²) in [7, 11) is 1.61. The van der Waals surface area contributed by atoms with Gasteiger partial charge in [0.2, 0.25) is 0 Å². The maximum absolute atomic E-state index is 5.33. The summed E-state index contributed by atoms with van der Waals surface area (Å²) in [5.41, 5.74) is 2.34. The maximum atomic E-state index is 5.33. The molecular formula is C10H13BrO2. The third-order valence-corrected chi connectivity index (χ3v) is 3.00. The summed E-state index contributed by atoms with van der Waals surface area (Å²) in [6.07, 6.45) is 0. The number of hydrogen-bond donors (Lipinski definition) is 0. The lowest BCUT2D eigenvalue weighted by molar-refractivity contribution is 0.0510. The molecule has 0 saturated heterocycles. The Morgan fingerprint density at radius 1 is 1.23 bits per heavy atom. The van der Waals surface area contributed by atoms with Gasteiger partial charge in [0.25, 0.3) is 0 Å². The molecule has 0 N–H and O–H groups in total. The van der Waals surface area contributed by atoms with Gasteiger partial charge in [-0.25, -0.2) is 0 Å². The van der Waals surface area contributed by atoms with Crippen LogP contribution in [0.15, 0.2) is 16.6 Å². The predicted octanol–water partition coefficient (Wildman–Crippen LogP) is 3.05. The number of ether oxygens (including phenoxy) is 2. The van der Waals surface area contributed by atoms with Crippen molar-refractivity contribution in [3.05, 3.63) is 27.7 Å². The lowest BCUT2D eigenvalue weighted by Crippen LogP contribution is -1.99. The van der Waals surface area contributed by atoms with Gasteiger partial charge < -0.3 is 9.47 Å². The van der Waals surface area contributed by atoms with E-state index in [0.29, 0.717) is 6.79 Å². The highest BCUT2D eigenvalue weighted by molar-refractivity contribution is 9.10. The van der Waals surface area contributed by atoms with Crippen molar-refractivity contribution in [1.29, 1.82) is 0 Å². The molecule has 0 saturated carbocycles. The number of benzene rings is 1. The average molecular weight is 245 g/mol. The van der Waals surface area contributed by atoms with Gasteiger partial charge >= 0.3 is 0 Å². The zero-order chi connectivity index (χ0) is 9.84. The third kappa shape index (κ3) is 2.71. The van der Waals surface area contributed by atoms with Crippen LogP contribution in [-0.2, 0) is 4.74 Å². The number of aryl methyl sites for hydroxylation is 2. The number of hydrogen-bond acceptors (Lipinski definition) is 2. The second-order valence-corrected chi connectivity index (χ2v) is 3.71. The summed E-state index contributed by atoms with van der Waals surface area (Å²) in [6.45, 7) is 4.37. The molecule has 0 aliphatic heterocycles. The van der Waals surface area contributed by atoms with E-state index in [2.05, 4.69) is 15.9 Å². The SMILES string of the molecule is COCOc1cc(C)c(Br)c(C)c1. The van der Waals surface area contributed by atoms with E-state index in [1.807, 2.05) is 26.0 Å². The first-order chi connectivity index (χ1) is 6.15. The van der Waals surface area contributed by atoms with Gasteiger partial charge in [-0.1, -0.05) is 15.9 Å². The van der Waals surface area contributed by atoms with Crippen LogP contribution in [0.25, 0.3) is 0 Å². The highest BCUT2D eigenvalue weighted by atomic mass is 79.9. The van der Waals surface area contributed by atoms with Crippen LogP contribution in [-0.4, -0.2) is 13.9 Å². The predicted molar refractivity (Wildman–Crippen MR) is 56.1 cm³/mol. The van der Waals surface area contributed by atoms with E-state index < -0.39 is 0 Å². The van der Waals surface area contributed by atoms with Crippen LogP contribution in [0.2, 0.25) is 0 Å². The van der Waals surface area contributed by atoms with E-state index in [-0.39, 0.29) is 0 Å². The Bertz CT molecular complexity index is 274. The van der Waals surface area contributed by atoms with Crippen LogP contribution in [0.4, 0.5) is 0 Å². The molecule has 0 aliphatic rings. The van der Waals surface area contributed by atoms with E-state index in [4.69, 9.17) is 9.47 Å². The van der Waals surface area contributed by atoms with Gasteiger partial charge in [-0.3, -0.25) is 0 Å². The summed E-state index contributed by atoms with van der Waals surface area (Å²) < 4.78 is 11.3. The molecule has 3 heteroatoms. The zero-order valence-corrected chi connectivity index (χ0v) is 9.64. The van der Waals surface area contributed by atoms with Gasteiger partial charge in [-0.15, -0.1) is 0 Å². The number of rotatable bonds is 3. The minimum absolute atomic E-state index is 0.292. The fourth-order valence-corrected chi connectivity index (χ4v) is 1.35. The van der Waals surface area contributed by atoms with Gasteiger partial charge in [-0.2, -0.15) is 0 Å². The maximum Gasteiger partial charge on any atom is 0.188 e. The lowest BCUT2D eigenvalue weighted by Gasteiger charge is -2.08. The van der Waals surface area contributed by atoms with Crippen molar-refractivity contribution in [2.75, 3.05) is 13.9 Å². The molecule has 13 heavy (non-hydrogen) atoms. The molecule has 0 fully saturated rings. The molecule has 0 radical (unpaired) electrons. The van der Waals surface area contributed by atoms with Crippen molar-refractivity contribution in [3.8, 4) is 5.75 Å². The van der Waals surface area contributed by atoms with Crippen LogP contribution >= 0.6 is 15.9 Å². The molecule has 0 amide bonds. The molecule has 0 aliphatic carbocycles. The molecule has 2 nitrogen and oxygen atoms in total. The smallest absolute Gasteiger partial charge is 0.188 e. The lowest BCUT2D eigenvalue weighted by atomic mass is 10.1. The first-order valence-corrected chi connectivity index (χ1v) is 4.83. The summed E-state index contributed by atoms with van der Waals surface area (Å²) in [5.74, 6) is 0.847. The van der Waals surface area contributed by atoms with Crippen LogP contribution < -0.4 is 4.74 Å². The number of methoxy groups -OCH3 is 1. The molecular weight excluding hydrogens is 232 g/mol. The Labute approximate surface area is 87.0 Å². The second kappa shape index (κ2) is 4.63. The topological polar surface area (TPSA) is 18.5 Å². The summed E-state index contributed by atoms with van der Waals surface area (Å²) in [6, 6.07) is 3.96. The van der Waals surface area contributed by atoms with E-state index in [1.165, 1.54) is 11.1 Å². The molecule has 72 valence electrons. The Morgan fingerprint density at radius 3 is 2.23 bits per heavy atom. The highest BCUT2D eigenvalue weighted by Crippen LogP contribution is 2.26. The van der Waals surface area contributed by atoms with Gasteiger partial charge in [0.15, 0.2) is 6.79 Å². The van der Waals surface area contributed by atoms with Gasteiger partial charge in [0, 0.05) is 11.6 Å². The van der Waals surface area contributed by atoms with Crippen molar-refractivity contribution in [2.45, 2.75) is 13.8 Å². The largest absolute Gasteiger partial charge is 0.468 e. The standard InChI is InChI=1S/C10H13BrO2/c1-7-4-9(13-6-12-3)5-8(2)10(7)11/h4-5H,6H2,1-3H3. The van der Waals surface area contributed by atoms with Crippen LogP contribution in [0.3, 0.4) is 0 Å². The van der Waals surface area contributed by atoms with Gasteiger partial charge in [0.1, 0.15) is 5.75 Å². The molecule has 0 atom stereocenters. The Kier molecular flexibility index (Phi) is 3.75. The van der Waals surface area contributed by atoms with Crippen molar-refractivity contribution in [3.63, 3.8) is 0 Å². The minimum atomic E-state index is 0.292. The van der Waals surface area contributed by atoms with Crippen LogP contribution in [0, 0.1) is 13.8 Å². The molecule has 1 aromatic carbocycles. The van der Waals surface area contributed by atoms with Crippen molar-refractivity contribution in [2.24, 2.45) is 0 Å². The van der Waals surface area contributed by atoms with Gasteiger partial charge in [0.05, 0.1) is 0 Å². The summed E-state index contributed by atoms with van der Waals surface area (Å²) in [5, 5.41) is 0. The summed E-state index contributed by atoms with van der Waals surface area (Å²) >= 11 is 3.49. The van der Waals surface area contributed by atoms with E-state index >= 15 is 0 Å². The zero-order valence-electron chi connectivity index (χ0n) is 8.06. The first kappa shape index (κ1) is 10.5. The normalized spacial score (nSPS) is 10.2. The first-order valence-electron chi connectivity index (χ1n) is 4.03. The molecule has 0 bridgehead atoms. The molecule has 1 rings (SSSR count). The molecule has 0 unspecified atom stereocenters. The van der Waals surface area contributed by atoms with E-state index in [9.17, 15) is 0 Å². The van der Waals surface area contributed by atoms with Gasteiger partial charge in [-0.05, 0) is 37.1 Å². The Balaban J connectivity index is 2.86. The Hall–Kier alpha value is -0.540. The van der Waals surface area contributed by atoms with Crippen LogP contribution in [0.5, 0.6) is 5.75 Å². The average Bonchev–Trinajstić information content (AvgIpc) is 2.10. The quantitative estimate of drug-likeness (QED) is 0.762. The molecule has 1 aromatic rings. The minimum Gasteiger partial charge on any atom is -0.468 e. The van der Waals surface area contributed by atoms with Crippen molar-refractivity contribution < 1.29 is 9.47 Å². The van der Waals surface area contributed by atoms with Crippen LogP contribution in [0.1, 0.15) is 11.1 Å². The van der Waals surface area contributed by atoms with E-state index in [1.54, 1.807) is 7.11 Å². The Morgan fingerprint density at radius 2 is 1.77 bits per heavy atom.